The predicted molar refractivity (Wildman–Crippen MR) is 129 cm³/mol. The van der Waals surface area contributed by atoms with Crippen LogP contribution in [0.3, 0.4) is 0 Å². The summed E-state index contributed by atoms with van der Waals surface area (Å²) in [6.07, 6.45) is 3.97. The number of rotatable bonds is 7. The standard InChI is InChI=1S/C25H36N4O4S/c1-24(2,3)33-23(30)27-34(31,32)29-17-25(18-29,11-12-26)28-13-9-19(10-14-28)15-21-16-22(21)20-7-5-4-6-8-20/h4-8,19,21-22H,9-11,13-18H2,1-3H3,(H,27,30)/t21-,22?/m1/s1. The van der Waals surface area contributed by atoms with E-state index in [0.717, 1.165) is 31.8 Å². The molecule has 3 aliphatic rings. The van der Waals surface area contributed by atoms with Crippen LogP contribution < -0.4 is 4.72 Å². The van der Waals surface area contributed by atoms with Crippen molar-refractivity contribution < 1.29 is 17.9 Å². The average molecular weight is 489 g/mol. The van der Waals surface area contributed by atoms with Gasteiger partial charge in [-0.3, -0.25) is 4.90 Å². The fraction of sp³-hybridized carbons (Fsp3) is 0.680. The van der Waals surface area contributed by atoms with Crippen LogP contribution in [0.15, 0.2) is 30.3 Å². The van der Waals surface area contributed by atoms with E-state index in [2.05, 4.69) is 41.3 Å². The topological polar surface area (TPSA) is 103 Å². The largest absolute Gasteiger partial charge is 0.443 e. The Balaban J connectivity index is 1.27. The van der Waals surface area contributed by atoms with Crippen molar-refractivity contribution in [2.24, 2.45) is 11.8 Å². The number of likely N-dealkylation sites (tertiary alicyclic amines) is 1. The molecule has 34 heavy (non-hydrogen) atoms. The Morgan fingerprint density at radius 1 is 1.21 bits per heavy atom. The third kappa shape index (κ3) is 5.73. The molecule has 0 radical (unpaired) electrons. The Hall–Kier alpha value is -2.15. The van der Waals surface area contributed by atoms with Crippen LogP contribution >= 0.6 is 0 Å². The lowest BCUT2D eigenvalue weighted by molar-refractivity contribution is -0.0309. The molecule has 2 atom stereocenters. The lowest BCUT2D eigenvalue weighted by atomic mass is 9.82. The highest BCUT2D eigenvalue weighted by Crippen LogP contribution is 2.52. The van der Waals surface area contributed by atoms with E-state index in [-0.39, 0.29) is 19.5 Å². The van der Waals surface area contributed by atoms with E-state index in [1.54, 1.807) is 20.8 Å². The molecule has 2 aliphatic heterocycles. The zero-order valence-corrected chi connectivity index (χ0v) is 21.2. The summed E-state index contributed by atoms with van der Waals surface area (Å²) in [6, 6.07) is 13.0. The molecule has 0 aromatic heterocycles. The van der Waals surface area contributed by atoms with Crippen molar-refractivity contribution in [3.05, 3.63) is 35.9 Å². The molecule has 8 nitrogen and oxygen atoms in total. The molecule has 3 fully saturated rings. The minimum absolute atomic E-state index is 0.210. The van der Waals surface area contributed by atoms with E-state index < -0.39 is 27.4 Å². The van der Waals surface area contributed by atoms with Gasteiger partial charge in [-0.25, -0.2) is 9.52 Å². The third-order valence-corrected chi connectivity index (χ3v) is 8.73. The first-order chi connectivity index (χ1) is 16.0. The van der Waals surface area contributed by atoms with Gasteiger partial charge in [0.25, 0.3) is 0 Å². The number of carbonyl (C=O) groups excluding carboxylic acids is 1. The SMILES string of the molecule is CC(C)(C)OC(=O)NS(=O)(=O)N1CC(CC#N)(N2CCC(C[C@@H]3CC3c3ccccc3)CC2)C1. The maximum Gasteiger partial charge on any atom is 0.422 e. The van der Waals surface area contributed by atoms with Crippen LogP contribution in [0, 0.1) is 23.2 Å². The smallest absolute Gasteiger partial charge is 0.422 e. The summed E-state index contributed by atoms with van der Waals surface area (Å²) in [5, 5.41) is 9.44. The minimum Gasteiger partial charge on any atom is -0.443 e. The fourth-order valence-corrected chi connectivity index (χ4v) is 6.71. The number of nitrogens with zero attached hydrogens (tertiary/aromatic N) is 3. The highest BCUT2D eigenvalue weighted by atomic mass is 32.2. The lowest BCUT2D eigenvalue weighted by Gasteiger charge is -2.55. The van der Waals surface area contributed by atoms with Crippen molar-refractivity contribution in [3.63, 3.8) is 0 Å². The molecule has 1 aromatic carbocycles. The van der Waals surface area contributed by atoms with Gasteiger partial charge in [0.1, 0.15) is 5.60 Å². The number of ether oxygens (including phenoxy) is 1. The first-order valence-corrected chi connectivity index (χ1v) is 13.6. The zero-order valence-electron chi connectivity index (χ0n) is 20.4. The molecule has 1 amide bonds. The Kier molecular flexibility index (Phi) is 6.96. The minimum atomic E-state index is -4.00. The van der Waals surface area contributed by atoms with E-state index in [4.69, 9.17) is 4.74 Å². The highest BCUT2D eigenvalue weighted by molar-refractivity contribution is 7.87. The summed E-state index contributed by atoms with van der Waals surface area (Å²) in [5.74, 6) is 2.16. The average Bonchev–Trinajstić information content (AvgIpc) is 3.49. The van der Waals surface area contributed by atoms with Crippen LogP contribution in [0.4, 0.5) is 4.79 Å². The van der Waals surface area contributed by atoms with E-state index in [9.17, 15) is 18.5 Å². The second kappa shape index (κ2) is 9.48. The molecular formula is C25H36N4O4S. The van der Waals surface area contributed by atoms with E-state index in [0.29, 0.717) is 11.8 Å². The summed E-state index contributed by atoms with van der Waals surface area (Å²) < 4.78 is 33.5. The fourth-order valence-electron chi connectivity index (χ4n) is 5.51. The molecule has 1 N–H and O–H groups in total. The van der Waals surface area contributed by atoms with Crippen LogP contribution in [-0.4, -0.2) is 61.0 Å². The Labute approximate surface area is 203 Å². The van der Waals surface area contributed by atoms with Crippen LogP contribution in [0.1, 0.15) is 64.4 Å². The van der Waals surface area contributed by atoms with Crippen LogP contribution in [0.2, 0.25) is 0 Å². The molecule has 2 heterocycles. The number of nitrogens with one attached hydrogen (secondary N) is 1. The summed E-state index contributed by atoms with van der Waals surface area (Å²) in [4.78, 5) is 14.2. The number of benzene rings is 1. The molecule has 186 valence electrons. The summed E-state index contributed by atoms with van der Waals surface area (Å²) in [5.41, 5.74) is 0.188. The molecule has 1 aliphatic carbocycles. The van der Waals surface area contributed by atoms with Gasteiger partial charge < -0.3 is 4.74 Å². The van der Waals surface area contributed by atoms with Crippen LogP contribution in [0.25, 0.3) is 0 Å². The number of nitriles is 1. The Morgan fingerprint density at radius 3 is 2.44 bits per heavy atom. The van der Waals surface area contributed by atoms with E-state index >= 15 is 0 Å². The molecule has 9 heteroatoms. The second-order valence-corrected chi connectivity index (χ2v) is 12.8. The van der Waals surface area contributed by atoms with Gasteiger partial charge in [-0.2, -0.15) is 18.0 Å². The number of carbonyl (C=O) groups is 1. The number of amides is 1. The molecule has 1 unspecified atom stereocenters. The maximum absolute atomic E-state index is 12.6. The van der Waals surface area contributed by atoms with Crippen molar-refractivity contribution in [1.82, 2.24) is 13.9 Å². The molecule has 0 bridgehead atoms. The van der Waals surface area contributed by atoms with Gasteiger partial charge in [-0.05, 0) is 82.9 Å². The van der Waals surface area contributed by atoms with E-state index in [1.807, 2.05) is 4.72 Å². The van der Waals surface area contributed by atoms with Gasteiger partial charge in [-0.1, -0.05) is 30.3 Å². The molecule has 1 saturated carbocycles. The zero-order chi connectivity index (χ0) is 24.6. The van der Waals surface area contributed by atoms with Gasteiger partial charge in [0.2, 0.25) is 0 Å². The van der Waals surface area contributed by atoms with Gasteiger partial charge >= 0.3 is 16.3 Å². The van der Waals surface area contributed by atoms with Crippen molar-refractivity contribution >= 4 is 16.3 Å². The molecule has 1 aromatic rings. The molecule has 2 saturated heterocycles. The van der Waals surface area contributed by atoms with Crippen molar-refractivity contribution in [1.29, 1.82) is 5.26 Å². The second-order valence-electron chi connectivity index (χ2n) is 11.1. The summed E-state index contributed by atoms with van der Waals surface area (Å²) in [7, 11) is -4.00. The van der Waals surface area contributed by atoms with Gasteiger partial charge in [0.15, 0.2) is 0 Å². The van der Waals surface area contributed by atoms with Crippen molar-refractivity contribution in [2.75, 3.05) is 26.2 Å². The van der Waals surface area contributed by atoms with Gasteiger partial charge in [0.05, 0.1) is 18.0 Å². The normalized spacial score (nSPS) is 25.7. The highest BCUT2D eigenvalue weighted by Gasteiger charge is 2.53. The third-order valence-electron chi connectivity index (χ3n) is 7.37. The lowest BCUT2D eigenvalue weighted by Crippen LogP contribution is -2.73. The first-order valence-electron chi connectivity index (χ1n) is 12.2. The van der Waals surface area contributed by atoms with Crippen molar-refractivity contribution in [3.8, 4) is 6.07 Å². The Morgan fingerprint density at radius 2 is 1.85 bits per heavy atom. The van der Waals surface area contributed by atoms with Gasteiger partial charge in [-0.15, -0.1) is 0 Å². The number of hydrogen-bond donors (Lipinski definition) is 1. The molecule has 4 rings (SSSR count). The molecule has 0 spiro atoms. The van der Waals surface area contributed by atoms with E-state index in [1.165, 1.54) is 22.7 Å². The monoisotopic (exact) mass is 488 g/mol. The number of piperidine rings is 1. The van der Waals surface area contributed by atoms with Gasteiger partial charge in [0, 0.05) is 13.1 Å². The van der Waals surface area contributed by atoms with Crippen LogP contribution in [-0.2, 0) is 14.9 Å². The van der Waals surface area contributed by atoms with Crippen LogP contribution in [0.5, 0.6) is 0 Å². The Bertz CT molecular complexity index is 1020. The summed E-state index contributed by atoms with van der Waals surface area (Å²) >= 11 is 0. The summed E-state index contributed by atoms with van der Waals surface area (Å²) in [6.45, 7) is 7.20. The quantitative estimate of drug-likeness (QED) is 0.629. The first kappa shape index (κ1) is 25.0. The predicted octanol–water partition coefficient (Wildman–Crippen LogP) is 3.63. The molecular weight excluding hydrogens is 452 g/mol. The number of hydrogen-bond acceptors (Lipinski definition) is 6. The van der Waals surface area contributed by atoms with Crippen molar-refractivity contribution in [2.45, 2.75) is 69.9 Å². The maximum atomic E-state index is 12.6.